The molecule has 0 aromatic carbocycles. The van der Waals surface area contributed by atoms with Crippen molar-refractivity contribution >= 4 is 11.7 Å². The minimum absolute atomic E-state index is 0.0755. The van der Waals surface area contributed by atoms with Gasteiger partial charge in [0.1, 0.15) is 6.20 Å². The molecule has 21 heavy (non-hydrogen) atoms. The van der Waals surface area contributed by atoms with E-state index in [1.807, 2.05) is 26.8 Å². The van der Waals surface area contributed by atoms with Crippen LogP contribution in [0.3, 0.4) is 0 Å². The van der Waals surface area contributed by atoms with Crippen LogP contribution in [0.25, 0.3) is 5.82 Å². The molecule has 0 aliphatic rings. The maximum absolute atomic E-state index is 11.0. The second-order valence-corrected chi connectivity index (χ2v) is 5.52. The first-order chi connectivity index (χ1) is 9.70. The third-order valence-corrected chi connectivity index (χ3v) is 2.94. The molecule has 0 unspecified atom stereocenters. The number of hydrogen-bond donors (Lipinski definition) is 1. The Balaban J connectivity index is 2.45. The van der Waals surface area contributed by atoms with Gasteiger partial charge in [0.05, 0.1) is 4.92 Å². The van der Waals surface area contributed by atoms with Crippen molar-refractivity contribution in [2.75, 3.05) is 0 Å². The quantitative estimate of drug-likeness (QED) is 0.685. The summed E-state index contributed by atoms with van der Waals surface area (Å²) in [5.41, 5.74) is -0.259. The lowest BCUT2D eigenvalue weighted by Crippen LogP contribution is -2.12. The maximum Gasteiger partial charge on any atom is 0.363 e. The van der Waals surface area contributed by atoms with Gasteiger partial charge in [-0.15, -0.1) is 0 Å². The SMILES string of the molecule is CC(C)(C)c1ccc(-n2cc([N+](=O)[O-])c(C(=O)O)n2)nc1. The van der Waals surface area contributed by atoms with Crippen LogP contribution in [0.1, 0.15) is 36.8 Å². The van der Waals surface area contributed by atoms with Gasteiger partial charge in [0, 0.05) is 6.20 Å². The highest BCUT2D eigenvalue weighted by Gasteiger charge is 2.26. The van der Waals surface area contributed by atoms with Gasteiger partial charge in [-0.1, -0.05) is 26.8 Å². The predicted molar refractivity (Wildman–Crippen MR) is 73.7 cm³/mol. The largest absolute Gasteiger partial charge is 0.476 e. The van der Waals surface area contributed by atoms with Crippen molar-refractivity contribution in [3.05, 3.63) is 45.9 Å². The molecule has 0 amide bonds. The number of nitro groups is 1. The van der Waals surface area contributed by atoms with Crippen LogP contribution in [0.5, 0.6) is 0 Å². The Morgan fingerprint density at radius 2 is 2.05 bits per heavy atom. The first-order valence-electron chi connectivity index (χ1n) is 6.14. The van der Waals surface area contributed by atoms with Gasteiger partial charge in [-0.3, -0.25) is 10.1 Å². The second kappa shape index (κ2) is 4.97. The Bertz CT molecular complexity index is 666. The van der Waals surface area contributed by atoms with Gasteiger partial charge in [-0.25, -0.2) is 14.5 Å². The van der Waals surface area contributed by atoms with E-state index in [4.69, 9.17) is 5.11 Å². The molecule has 8 heteroatoms. The fourth-order valence-corrected chi connectivity index (χ4v) is 1.73. The zero-order valence-electron chi connectivity index (χ0n) is 11.8. The van der Waals surface area contributed by atoms with Crippen LogP contribution >= 0.6 is 0 Å². The molecule has 0 bridgehead atoms. The van der Waals surface area contributed by atoms with Crippen molar-refractivity contribution in [2.24, 2.45) is 0 Å². The highest BCUT2D eigenvalue weighted by molar-refractivity contribution is 5.89. The van der Waals surface area contributed by atoms with Crippen molar-refractivity contribution in [3.63, 3.8) is 0 Å². The zero-order chi connectivity index (χ0) is 15.8. The minimum atomic E-state index is -1.45. The van der Waals surface area contributed by atoms with Crippen molar-refractivity contribution in [1.82, 2.24) is 14.8 Å². The number of pyridine rings is 1. The van der Waals surface area contributed by atoms with Gasteiger partial charge in [0.2, 0.25) is 5.69 Å². The molecule has 2 heterocycles. The van der Waals surface area contributed by atoms with E-state index in [0.29, 0.717) is 5.82 Å². The van der Waals surface area contributed by atoms with E-state index in [0.717, 1.165) is 16.4 Å². The van der Waals surface area contributed by atoms with Crippen LogP contribution in [-0.4, -0.2) is 30.8 Å². The summed E-state index contributed by atoms with van der Waals surface area (Å²) < 4.78 is 1.09. The maximum atomic E-state index is 11.0. The van der Waals surface area contributed by atoms with E-state index in [1.165, 1.54) is 0 Å². The monoisotopic (exact) mass is 290 g/mol. The molecule has 0 saturated carbocycles. The Morgan fingerprint density at radius 3 is 2.43 bits per heavy atom. The highest BCUT2D eigenvalue weighted by atomic mass is 16.6. The summed E-state index contributed by atoms with van der Waals surface area (Å²) in [6.45, 7) is 6.10. The highest BCUT2D eigenvalue weighted by Crippen LogP contribution is 2.23. The smallest absolute Gasteiger partial charge is 0.363 e. The lowest BCUT2D eigenvalue weighted by Gasteiger charge is -2.18. The number of carboxylic acids is 1. The number of nitrogens with zero attached hydrogens (tertiary/aromatic N) is 4. The van der Waals surface area contributed by atoms with Crippen LogP contribution in [-0.2, 0) is 5.41 Å². The van der Waals surface area contributed by atoms with Gasteiger partial charge in [0.15, 0.2) is 5.82 Å². The fraction of sp³-hybridized carbons (Fsp3) is 0.308. The number of aromatic carboxylic acids is 1. The molecule has 0 aliphatic carbocycles. The van der Waals surface area contributed by atoms with Gasteiger partial charge in [0.25, 0.3) is 0 Å². The Labute approximate surface area is 120 Å². The number of carbonyl (C=O) groups is 1. The zero-order valence-corrected chi connectivity index (χ0v) is 11.8. The van der Waals surface area contributed by atoms with Gasteiger partial charge < -0.3 is 5.11 Å². The lowest BCUT2D eigenvalue weighted by atomic mass is 9.88. The molecule has 2 rings (SSSR count). The molecular weight excluding hydrogens is 276 g/mol. The Morgan fingerprint density at radius 1 is 1.38 bits per heavy atom. The van der Waals surface area contributed by atoms with Crippen LogP contribution in [0, 0.1) is 10.1 Å². The molecule has 0 atom stereocenters. The van der Waals surface area contributed by atoms with E-state index in [-0.39, 0.29) is 5.41 Å². The van der Waals surface area contributed by atoms with Crippen molar-refractivity contribution in [2.45, 2.75) is 26.2 Å². The normalized spacial score (nSPS) is 11.4. The van der Waals surface area contributed by atoms with Gasteiger partial charge in [-0.2, -0.15) is 5.10 Å². The topological polar surface area (TPSA) is 111 Å². The average molecular weight is 290 g/mol. The fourth-order valence-electron chi connectivity index (χ4n) is 1.73. The van der Waals surface area contributed by atoms with E-state index in [2.05, 4.69) is 10.1 Å². The summed E-state index contributed by atoms with van der Waals surface area (Å²) in [5.74, 6) is -1.13. The number of carboxylic acid groups (broad SMARTS) is 1. The molecule has 2 aromatic heterocycles. The summed E-state index contributed by atoms with van der Waals surface area (Å²) in [6.07, 6.45) is 2.69. The van der Waals surface area contributed by atoms with Crippen LogP contribution in [0.15, 0.2) is 24.5 Å². The summed E-state index contributed by atoms with van der Waals surface area (Å²) >= 11 is 0. The van der Waals surface area contributed by atoms with Crippen molar-refractivity contribution in [1.29, 1.82) is 0 Å². The van der Waals surface area contributed by atoms with Crippen LogP contribution in [0.2, 0.25) is 0 Å². The third-order valence-electron chi connectivity index (χ3n) is 2.94. The Kier molecular flexibility index (Phi) is 3.46. The molecular formula is C13H14N4O4. The van der Waals surface area contributed by atoms with Crippen molar-refractivity contribution in [3.8, 4) is 5.82 Å². The minimum Gasteiger partial charge on any atom is -0.476 e. The van der Waals surface area contributed by atoms with Gasteiger partial charge >= 0.3 is 11.7 Å². The van der Waals surface area contributed by atoms with E-state index in [1.54, 1.807) is 12.3 Å². The number of rotatable bonds is 3. The van der Waals surface area contributed by atoms with Crippen LogP contribution < -0.4 is 0 Å². The molecule has 0 saturated heterocycles. The average Bonchev–Trinajstić information content (AvgIpc) is 2.83. The summed E-state index contributed by atoms with van der Waals surface area (Å²) in [7, 11) is 0. The van der Waals surface area contributed by atoms with E-state index >= 15 is 0 Å². The first-order valence-corrected chi connectivity index (χ1v) is 6.14. The van der Waals surface area contributed by atoms with Crippen LogP contribution in [0.4, 0.5) is 5.69 Å². The molecule has 0 spiro atoms. The number of aromatic nitrogens is 3. The molecule has 2 aromatic rings. The number of hydrogen-bond acceptors (Lipinski definition) is 5. The summed E-state index contributed by atoms with van der Waals surface area (Å²) in [5, 5.41) is 23.5. The van der Waals surface area contributed by atoms with E-state index < -0.39 is 22.3 Å². The Hall–Kier alpha value is -2.77. The molecule has 8 nitrogen and oxygen atoms in total. The molecule has 0 aliphatic heterocycles. The molecule has 1 N–H and O–H groups in total. The summed E-state index contributed by atoms with van der Waals surface area (Å²) in [4.78, 5) is 25.2. The lowest BCUT2D eigenvalue weighted by molar-refractivity contribution is -0.385. The van der Waals surface area contributed by atoms with E-state index in [9.17, 15) is 14.9 Å². The standard InChI is InChI=1S/C13H14N4O4/c1-13(2,3)8-4-5-10(14-6-8)16-7-9(17(20)21)11(15-16)12(18)19/h4-7H,1-3H3,(H,18,19). The molecule has 0 fully saturated rings. The predicted octanol–water partition coefficient (Wildman–Crippen LogP) is 2.17. The molecule has 0 radical (unpaired) electrons. The molecule has 110 valence electrons. The summed E-state index contributed by atoms with van der Waals surface area (Å²) in [6, 6.07) is 3.47. The van der Waals surface area contributed by atoms with Gasteiger partial charge in [-0.05, 0) is 17.0 Å². The third kappa shape index (κ3) is 2.88. The van der Waals surface area contributed by atoms with Crippen molar-refractivity contribution < 1.29 is 14.8 Å². The first kappa shape index (κ1) is 14.6. The second-order valence-electron chi connectivity index (χ2n) is 5.52.